The molecule has 0 fully saturated rings. The lowest BCUT2D eigenvalue weighted by atomic mass is 10.1. The Morgan fingerprint density at radius 1 is 1.13 bits per heavy atom. The Morgan fingerprint density at radius 3 is 2.27 bits per heavy atom. The van der Waals surface area contributed by atoms with Gasteiger partial charge in [0.25, 0.3) is 11.8 Å². The molecule has 2 aromatic rings. The number of nitrogens with one attached hydrogen (secondary N) is 1. The molecule has 0 saturated carbocycles. The summed E-state index contributed by atoms with van der Waals surface area (Å²) in [5.74, 6) is -1.32. The molecule has 0 aliphatic rings. The topological polar surface area (TPSA) is 102 Å². The number of halogens is 3. The molecule has 0 radical (unpaired) electrons. The number of hydrogen-bond acceptors (Lipinski definition) is 5. The minimum atomic E-state index is -4.50. The van der Waals surface area contributed by atoms with Gasteiger partial charge in [-0.05, 0) is 29.8 Å². The first-order valence-corrected chi connectivity index (χ1v) is 8.53. The van der Waals surface area contributed by atoms with E-state index in [2.05, 4.69) is 0 Å². The quantitative estimate of drug-likeness (QED) is 0.542. The maximum absolute atomic E-state index is 12.6. The molecule has 0 saturated heterocycles. The Morgan fingerprint density at radius 2 is 1.73 bits per heavy atom. The molecule has 11 heteroatoms. The molecule has 160 valence electrons. The Bertz CT molecular complexity index is 945. The third kappa shape index (κ3) is 5.93. The fraction of sp³-hybridized carbons (Fsp3) is 0.263. The van der Waals surface area contributed by atoms with Crippen LogP contribution in [0.3, 0.4) is 0 Å². The molecule has 2 amide bonds. The van der Waals surface area contributed by atoms with Crippen LogP contribution in [0.1, 0.15) is 26.3 Å². The van der Waals surface area contributed by atoms with Crippen molar-refractivity contribution in [1.29, 1.82) is 0 Å². The van der Waals surface area contributed by atoms with Gasteiger partial charge in [-0.25, -0.2) is 0 Å². The normalized spacial score (nSPS) is 11.0. The molecule has 0 aliphatic heterocycles. The molecule has 0 atom stereocenters. The summed E-state index contributed by atoms with van der Waals surface area (Å²) >= 11 is 0. The fourth-order valence-electron chi connectivity index (χ4n) is 2.58. The highest BCUT2D eigenvalue weighted by atomic mass is 19.4. The average Bonchev–Trinajstić information content (AvgIpc) is 2.70. The number of nitro benzene ring substituents is 1. The van der Waals surface area contributed by atoms with E-state index in [0.29, 0.717) is 5.56 Å². The van der Waals surface area contributed by atoms with Crippen molar-refractivity contribution in [2.45, 2.75) is 12.7 Å². The van der Waals surface area contributed by atoms with Gasteiger partial charge in [-0.3, -0.25) is 19.7 Å². The zero-order valence-corrected chi connectivity index (χ0v) is 16.0. The molecule has 0 unspecified atom stereocenters. The Hall–Kier alpha value is -3.63. The van der Waals surface area contributed by atoms with Crippen molar-refractivity contribution in [3.05, 3.63) is 69.3 Å². The van der Waals surface area contributed by atoms with Crippen molar-refractivity contribution in [2.24, 2.45) is 0 Å². The van der Waals surface area contributed by atoms with Crippen LogP contribution in [0.5, 0.6) is 5.75 Å². The van der Waals surface area contributed by atoms with Crippen molar-refractivity contribution in [2.75, 3.05) is 20.7 Å². The van der Waals surface area contributed by atoms with Gasteiger partial charge in [-0.15, -0.1) is 0 Å². The van der Waals surface area contributed by atoms with E-state index in [-0.39, 0.29) is 29.1 Å². The largest absolute Gasteiger partial charge is 0.490 e. The van der Waals surface area contributed by atoms with E-state index in [1.807, 2.05) is 0 Å². The summed E-state index contributed by atoms with van der Waals surface area (Å²) in [4.78, 5) is 36.1. The van der Waals surface area contributed by atoms with Crippen molar-refractivity contribution >= 4 is 17.5 Å². The number of carbonyl (C=O) groups excluding carboxylic acids is 2. The summed E-state index contributed by atoms with van der Waals surface area (Å²) in [5, 5.41) is 12.9. The van der Waals surface area contributed by atoms with Crippen molar-refractivity contribution < 1.29 is 32.4 Å². The van der Waals surface area contributed by atoms with Crippen LogP contribution in [-0.4, -0.2) is 48.5 Å². The molecule has 2 rings (SSSR count). The van der Waals surface area contributed by atoms with Crippen LogP contribution in [0.4, 0.5) is 18.9 Å². The van der Waals surface area contributed by atoms with Gasteiger partial charge in [0.2, 0.25) is 0 Å². The number of nitrogens with zero attached hydrogens (tertiary/aromatic N) is 2. The molecule has 0 aliphatic carbocycles. The van der Waals surface area contributed by atoms with Gasteiger partial charge in [-0.2, -0.15) is 13.2 Å². The summed E-state index contributed by atoms with van der Waals surface area (Å²) in [6, 6.07) is 9.54. The zero-order chi connectivity index (χ0) is 22.5. The van der Waals surface area contributed by atoms with E-state index in [0.717, 1.165) is 6.07 Å². The predicted molar refractivity (Wildman–Crippen MR) is 100 cm³/mol. The summed E-state index contributed by atoms with van der Waals surface area (Å²) in [5.41, 5.74) is 0.406. The number of methoxy groups -OCH3 is 1. The second kappa shape index (κ2) is 9.25. The van der Waals surface area contributed by atoms with Gasteiger partial charge in [-0.1, -0.05) is 12.1 Å². The smallest absolute Gasteiger partial charge is 0.405 e. The van der Waals surface area contributed by atoms with Crippen LogP contribution in [0.25, 0.3) is 0 Å². The third-order valence-electron chi connectivity index (χ3n) is 4.05. The van der Waals surface area contributed by atoms with Crippen LogP contribution in [0.15, 0.2) is 42.5 Å². The van der Waals surface area contributed by atoms with Gasteiger partial charge in [0, 0.05) is 30.8 Å². The maximum atomic E-state index is 12.6. The van der Waals surface area contributed by atoms with Gasteiger partial charge in [0.1, 0.15) is 6.54 Å². The highest BCUT2D eigenvalue weighted by Gasteiger charge is 2.28. The van der Waals surface area contributed by atoms with Crippen molar-refractivity contribution in [3.63, 3.8) is 0 Å². The zero-order valence-electron chi connectivity index (χ0n) is 16.0. The molecular weight excluding hydrogens is 407 g/mol. The molecule has 0 bridgehead atoms. The Balaban J connectivity index is 2.06. The number of alkyl halides is 3. The molecule has 1 N–H and O–H groups in total. The second-order valence-corrected chi connectivity index (χ2v) is 6.30. The maximum Gasteiger partial charge on any atom is 0.405 e. The molecule has 0 aromatic heterocycles. The molecule has 8 nitrogen and oxygen atoms in total. The number of rotatable bonds is 7. The minimum Gasteiger partial charge on any atom is -0.490 e. The van der Waals surface area contributed by atoms with Gasteiger partial charge in [0.15, 0.2) is 5.75 Å². The van der Waals surface area contributed by atoms with Crippen LogP contribution < -0.4 is 10.1 Å². The Kier molecular flexibility index (Phi) is 6.98. The first-order chi connectivity index (χ1) is 14.0. The summed E-state index contributed by atoms with van der Waals surface area (Å²) in [6.45, 7) is -1.32. The highest BCUT2D eigenvalue weighted by molar-refractivity contribution is 5.95. The van der Waals surface area contributed by atoms with Crippen molar-refractivity contribution in [3.8, 4) is 5.75 Å². The molecular formula is C19H18F3N3O5. The Labute approximate surface area is 169 Å². The lowest BCUT2D eigenvalue weighted by molar-refractivity contribution is -0.385. The van der Waals surface area contributed by atoms with Crippen LogP contribution in [-0.2, 0) is 6.54 Å². The minimum absolute atomic E-state index is 0.0265. The van der Waals surface area contributed by atoms with Crippen LogP contribution in [0, 0.1) is 10.1 Å². The number of benzene rings is 2. The van der Waals surface area contributed by atoms with E-state index in [9.17, 15) is 32.9 Å². The van der Waals surface area contributed by atoms with Gasteiger partial charge < -0.3 is 15.0 Å². The van der Waals surface area contributed by atoms with Crippen LogP contribution >= 0.6 is 0 Å². The van der Waals surface area contributed by atoms with E-state index in [4.69, 9.17) is 4.74 Å². The standard InChI is InChI=1S/C19H18F3N3O5/c1-24(18(27)14-7-8-16(30-2)15(9-14)25(28)29)10-12-3-5-13(6-4-12)17(26)23-11-19(20,21)22/h3-9H,10-11H2,1-2H3,(H,23,26). The number of amides is 2. The third-order valence-corrected chi connectivity index (χ3v) is 4.05. The number of nitro groups is 1. The first-order valence-electron chi connectivity index (χ1n) is 8.53. The number of hydrogen-bond donors (Lipinski definition) is 1. The van der Waals surface area contributed by atoms with Crippen molar-refractivity contribution in [1.82, 2.24) is 10.2 Å². The predicted octanol–water partition coefficient (Wildman–Crippen LogP) is 3.17. The summed E-state index contributed by atoms with van der Waals surface area (Å²) in [7, 11) is 2.77. The van der Waals surface area contributed by atoms with E-state index < -0.39 is 29.5 Å². The molecule has 30 heavy (non-hydrogen) atoms. The SMILES string of the molecule is COc1ccc(C(=O)N(C)Cc2ccc(C(=O)NCC(F)(F)F)cc2)cc1[N+](=O)[O-]. The van der Waals surface area contributed by atoms with E-state index >= 15 is 0 Å². The van der Waals surface area contributed by atoms with E-state index in [1.165, 1.54) is 55.5 Å². The van der Waals surface area contributed by atoms with E-state index in [1.54, 1.807) is 5.32 Å². The molecule has 0 heterocycles. The number of ether oxygens (including phenoxy) is 1. The summed E-state index contributed by atoms with van der Waals surface area (Å²) < 4.78 is 41.4. The number of carbonyl (C=O) groups is 2. The lowest BCUT2D eigenvalue weighted by Gasteiger charge is -2.18. The second-order valence-electron chi connectivity index (χ2n) is 6.30. The molecule has 0 spiro atoms. The average molecular weight is 425 g/mol. The van der Waals surface area contributed by atoms with Gasteiger partial charge >= 0.3 is 11.9 Å². The van der Waals surface area contributed by atoms with Crippen LogP contribution in [0.2, 0.25) is 0 Å². The molecule has 2 aromatic carbocycles. The summed E-state index contributed by atoms with van der Waals surface area (Å²) in [6.07, 6.45) is -4.50. The highest BCUT2D eigenvalue weighted by Crippen LogP contribution is 2.28. The monoisotopic (exact) mass is 425 g/mol. The lowest BCUT2D eigenvalue weighted by Crippen LogP contribution is -2.33. The first kappa shape index (κ1) is 22.7. The van der Waals surface area contributed by atoms with Gasteiger partial charge in [0.05, 0.1) is 12.0 Å². The fourth-order valence-corrected chi connectivity index (χ4v) is 2.58.